The molecule has 0 heterocycles. The fourth-order valence-corrected chi connectivity index (χ4v) is 1.62. The van der Waals surface area contributed by atoms with Crippen LogP contribution in [0.5, 0.6) is 5.75 Å². The van der Waals surface area contributed by atoms with E-state index in [0.29, 0.717) is 12.3 Å². The molecule has 0 spiro atoms. The molecule has 0 fully saturated rings. The number of phenolic OH excluding ortho intramolecular Hbond substituents is 1. The monoisotopic (exact) mass is 223 g/mol. The molecule has 0 aliphatic heterocycles. The minimum atomic E-state index is -0.0415. The SMILES string of the molecule is CCC(C)(CCO)NCc1cccc(O)c1. The molecule has 0 aromatic heterocycles. The van der Waals surface area contributed by atoms with Crippen molar-refractivity contribution in [1.82, 2.24) is 5.32 Å². The fourth-order valence-electron chi connectivity index (χ4n) is 1.62. The maximum Gasteiger partial charge on any atom is 0.115 e. The Kier molecular flexibility index (Phi) is 4.77. The molecule has 1 unspecified atom stereocenters. The van der Waals surface area contributed by atoms with Crippen LogP contribution in [0.15, 0.2) is 24.3 Å². The van der Waals surface area contributed by atoms with Crippen molar-refractivity contribution < 1.29 is 10.2 Å². The summed E-state index contributed by atoms with van der Waals surface area (Å²) in [6.07, 6.45) is 1.70. The molecule has 0 aliphatic carbocycles. The molecule has 0 bridgehead atoms. The third-order valence-electron chi connectivity index (χ3n) is 3.07. The van der Waals surface area contributed by atoms with Crippen molar-refractivity contribution in [1.29, 1.82) is 0 Å². The molecule has 1 aromatic carbocycles. The largest absolute Gasteiger partial charge is 0.508 e. The Hall–Kier alpha value is -1.06. The number of nitrogens with one attached hydrogen (secondary N) is 1. The van der Waals surface area contributed by atoms with Crippen LogP contribution in [0.4, 0.5) is 0 Å². The van der Waals surface area contributed by atoms with Crippen LogP contribution in [0.3, 0.4) is 0 Å². The van der Waals surface area contributed by atoms with Crippen LogP contribution in [0.1, 0.15) is 32.3 Å². The summed E-state index contributed by atoms with van der Waals surface area (Å²) in [5, 5.41) is 21.7. The fraction of sp³-hybridized carbons (Fsp3) is 0.538. The molecule has 0 saturated carbocycles. The van der Waals surface area contributed by atoms with Crippen LogP contribution < -0.4 is 5.32 Å². The van der Waals surface area contributed by atoms with E-state index in [1.165, 1.54) is 0 Å². The standard InChI is InChI=1S/C13H21NO2/c1-3-13(2,7-8-15)14-10-11-5-4-6-12(16)9-11/h4-6,9,14-16H,3,7-8,10H2,1-2H3. The molecular formula is C13H21NO2. The lowest BCUT2D eigenvalue weighted by Gasteiger charge is -2.29. The van der Waals surface area contributed by atoms with Crippen LogP contribution in [-0.4, -0.2) is 22.4 Å². The molecule has 16 heavy (non-hydrogen) atoms. The third-order valence-corrected chi connectivity index (χ3v) is 3.07. The van der Waals surface area contributed by atoms with E-state index in [9.17, 15) is 5.11 Å². The van der Waals surface area contributed by atoms with E-state index in [1.54, 1.807) is 12.1 Å². The Morgan fingerprint density at radius 3 is 2.69 bits per heavy atom. The van der Waals surface area contributed by atoms with E-state index in [1.807, 2.05) is 12.1 Å². The molecule has 1 atom stereocenters. The predicted octanol–water partition coefficient (Wildman–Crippen LogP) is 2.03. The van der Waals surface area contributed by atoms with Gasteiger partial charge in [-0.05, 0) is 37.5 Å². The van der Waals surface area contributed by atoms with Crippen LogP contribution in [0.25, 0.3) is 0 Å². The maximum absolute atomic E-state index is 9.34. The second kappa shape index (κ2) is 5.87. The number of aromatic hydroxyl groups is 1. The summed E-state index contributed by atoms with van der Waals surface area (Å²) in [7, 11) is 0. The zero-order chi connectivity index (χ0) is 12.0. The van der Waals surface area contributed by atoms with E-state index < -0.39 is 0 Å². The van der Waals surface area contributed by atoms with E-state index in [0.717, 1.165) is 18.4 Å². The summed E-state index contributed by atoms with van der Waals surface area (Å²) < 4.78 is 0. The molecule has 3 nitrogen and oxygen atoms in total. The second-order valence-electron chi connectivity index (χ2n) is 4.41. The van der Waals surface area contributed by atoms with Gasteiger partial charge >= 0.3 is 0 Å². The quantitative estimate of drug-likeness (QED) is 0.691. The number of phenols is 1. The Morgan fingerprint density at radius 2 is 2.12 bits per heavy atom. The molecular weight excluding hydrogens is 202 g/mol. The van der Waals surface area contributed by atoms with Crippen molar-refractivity contribution in [3.8, 4) is 5.75 Å². The van der Waals surface area contributed by atoms with E-state index in [-0.39, 0.29) is 12.1 Å². The highest BCUT2D eigenvalue weighted by atomic mass is 16.3. The van der Waals surface area contributed by atoms with Gasteiger partial charge in [0, 0.05) is 18.7 Å². The summed E-state index contributed by atoms with van der Waals surface area (Å²) >= 11 is 0. The van der Waals surface area contributed by atoms with Gasteiger partial charge in [0.05, 0.1) is 0 Å². The lowest BCUT2D eigenvalue weighted by Crippen LogP contribution is -2.42. The molecule has 0 amide bonds. The zero-order valence-electron chi connectivity index (χ0n) is 10.0. The summed E-state index contributed by atoms with van der Waals surface area (Å²) in [6.45, 7) is 5.10. The Bertz CT molecular complexity index is 327. The van der Waals surface area contributed by atoms with Crippen molar-refractivity contribution in [2.75, 3.05) is 6.61 Å². The highest BCUT2D eigenvalue weighted by molar-refractivity contribution is 5.27. The van der Waals surface area contributed by atoms with E-state index in [4.69, 9.17) is 5.11 Å². The van der Waals surface area contributed by atoms with Gasteiger partial charge in [0.25, 0.3) is 0 Å². The summed E-state index contributed by atoms with van der Waals surface area (Å²) in [5.74, 6) is 0.291. The number of hydrogen-bond donors (Lipinski definition) is 3. The van der Waals surface area contributed by atoms with Gasteiger partial charge in [-0.25, -0.2) is 0 Å². The summed E-state index contributed by atoms with van der Waals surface area (Å²) in [5.41, 5.74) is 1.01. The smallest absolute Gasteiger partial charge is 0.115 e. The topological polar surface area (TPSA) is 52.5 Å². The molecule has 3 heteroatoms. The Morgan fingerprint density at radius 1 is 1.38 bits per heavy atom. The first kappa shape index (κ1) is 13.0. The van der Waals surface area contributed by atoms with Gasteiger partial charge in [-0.3, -0.25) is 0 Å². The van der Waals surface area contributed by atoms with Crippen LogP contribution in [-0.2, 0) is 6.54 Å². The third kappa shape index (κ3) is 3.83. The molecule has 0 aliphatic rings. The number of benzene rings is 1. The first-order valence-corrected chi connectivity index (χ1v) is 5.73. The van der Waals surface area contributed by atoms with Crippen molar-refractivity contribution in [3.63, 3.8) is 0 Å². The maximum atomic E-state index is 9.34. The number of hydrogen-bond acceptors (Lipinski definition) is 3. The minimum absolute atomic E-state index is 0.0415. The van der Waals surface area contributed by atoms with Crippen molar-refractivity contribution in [2.24, 2.45) is 0 Å². The summed E-state index contributed by atoms with van der Waals surface area (Å²) in [4.78, 5) is 0. The van der Waals surface area contributed by atoms with Gasteiger partial charge in [-0.2, -0.15) is 0 Å². The normalized spacial score (nSPS) is 14.7. The van der Waals surface area contributed by atoms with Crippen molar-refractivity contribution in [3.05, 3.63) is 29.8 Å². The lowest BCUT2D eigenvalue weighted by molar-refractivity contribution is 0.214. The van der Waals surface area contributed by atoms with E-state index >= 15 is 0 Å². The van der Waals surface area contributed by atoms with Crippen LogP contribution in [0.2, 0.25) is 0 Å². The molecule has 1 aromatic rings. The summed E-state index contributed by atoms with van der Waals surface area (Å²) in [6, 6.07) is 7.22. The van der Waals surface area contributed by atoms with E-state index in [2.05, 4.69) is 19.2 Å². The first-order valence-electron chi connectivity index (χ1n) is 5.73. The van der Waals surface area contributed by atoms with Gasteiger partial charge in [0.15, 0.2) is 0 Å². The lowest BCUT2D eigenvalue weighted by atomic mass is 9.94. The minimum Gasteiger partial charge on any atom is -0.508 e. The average molecular weight is 223 g/mol. The second-order valence-corrected chi connectivity index (χ2v) is 4.41. The molecule has 3 N–H and O–H groups in total. The zero-order valence-corrected chi connectivity index (χ0v) is 10.0. The van der Waals surface area contributed by atoms with Crippen LogP contribution >= 0.6 is 0 Å². The van der Waals surface area contributed by atoms with Crippen LogP contribution in [0, 0.1) is 0 Å². The molecule has 90 valence electrons. The first-order chi connectivity index (χ1) is 7.59. The van der Waals surface area contributed by atoms with Gasteiger partial charge in [-0.15, -0.1) is 0 Å². The van der Waals surface area contributed by atoms with Gasteiger partial charge in [-0.1, -0.05) is 19.1 Å². The highest BCUT2D eigenvalue weighted by Gasteiger charge is 2.20. The predicted molar refractivity (Wildman–Crippen MR) is 65.3 cm³/mol. The highest BCUT2D eigenvalue weighted by Crippen LogP contribution is 2.16. The number of aliphatic hydroxyl groups is 1. The number of rotatable bonds is 6. The van der Waals surface area contributed by atoms with Crippen molar-refractivity contribution in [2.45, 2.75) is 38.8 Å². The molecule has 0 radical (unpaired) electrons. The Labute approximate surface area is 97.1 Å². The van der Waals surface area contributed by atoms with Gasteiger partial charge < -0.3 is 15.5 Å². The molecule has 0 saturated heterocycles. The van der Waals surface area contributed by atoms with Gasteiger partial charge in [0.1, 0.15) is 5.75 Å². The molecule has 1 rings (SSSR count). The Balaban J connectivity index is 2.55. The van der Waals surface area contributed by atoms with Crippen molar-refractivity contribution >= 4 is 0 Å². The average Bonchev–Trinajstić information content (AvgIpc) is 2.27. The van der Waals surface area contributed by atoms with Gasteiger partial charge in [0.2, 0.25) is 0 Å². The number of aliphatic hydroxyl groups excluding tert-OH is 1.